The third-order valence-corrected chi connectivity index (χ3v) is 4.82. The van der Waals surface area contributed by atoms with Crippen LogP contribution in [0.2, 0.25) is 0 Å². The number of carbonyl (C=O) groups excluding carboxylic acids is 2. The summed E-state index contributed by atoms with van der Waals surface area (Å²) in [5.74, 6) is -0.166. The van der Waals surface area contributed by atoms with Gasteiger partial charge in [-0.3, -0.25) is 9.59 Å². The zero-order valence-corrected chi connectivity index (χ0v) is 14.6. The lowest BCUT2D eigenvalue weighted by atomic mass is 10.1. The van der Waals surface area contributed by atoms with Crippen LogP contribution in [0.3, 0.4) is 0 Å². The fraction of sp³-hybridized carbons (Fsp3) is 0.529. The fourth-order valence-corrected chi connectivity index (χ4v) is 3.36. The van der Waals surface area contributed by atoms with Crippen LogP contribution in [-0.4, -0.2) is 29.3 Å². The van der Waals surface area contributed by atoms with Gasteiger partial charge in [-0.2, -0.15) is 0 Å². The molecule has 0 aliphatic heterocycles. The molecular weight excluding hydrogens is 344 g/mol. The number of amides is 2. The van der Waals surface area contributed by atoms with Crippen LogP contribution in [0.25, 0.3) is 0 Å². The molecule has 4 nitrogen and oxygen atoms in total. The summed E-state index contributed by atoms with van der Waals surface area (Å²) in [7, 11) is 0. The van der Waals surface area contributed by atoms with E-state index < -0.39 is 0 Å². The molecule has 0 heterocycles. The molecule has 2 rings (SSSR count). The van der Waals surface area contributed by atoms with Gasteiger partial charge < -0.3 is 10.2 Å². The molecule has 120 valence electrons. The van der Waals surface area contributed by atoms with E-state index >= 15 is 0 Å². The molecule has 1 aliphatic rings. The van der Waals surface area contributed by atoms with Gasteiger partial charge >= 0.3 is 0 Å². The minimum atomic E-state index is -0.147. The number of nitrogens with zero attached hydrogens (tertiary/aromatic N) is 1. The second-order valence-corrected chi connectivity index (χ2v) is 6.67. The van der Waals surface area contributed by atoms with Gasteiger partial charge in [0.05, 0.1) is 5.69 Å². The summed E-state index contributed by atoms with van der Waals surface area (Å²) in [4.78, 5) is 26.0. The molecule has 1 fully saturated rings. The molecule has 0 atom stereocenters. The maximum absolute atomic E-state index is 12.3. The first kappa shape index (κ1) is 17.0. The minimum absolute atomic E-state index is 0.0193. The van der Waals surface area contributed by atoms with Crippen LogP contribution in [0.4, 0.5) is 5.69 Å². The molecule has 2 amide bonds. The van der Waals surface area contributed by atoms with Crippen LogP contribution in [0, 0.1) is 0 Å². The Hall–Kier alpha value is -1.36. The average Bonchev–Trinajstić information content (AvgIpc) is 2.76. The SMILES string of the molecule is CC(=O)N(CC(=O)Nc1ccccc1Br)C1CCCCCC1. The number of anilines is 1. The molecule has 0 bridgehead atoms. The van der Waals surface area contributed by atoms with E-state index in [2.05, 4.69) is 21.2 Å². The Labute approximate surface area is 140 Å². The highest BCUT2D eigenvalue weighted by Crippen LogP contribution is 2.23. The van der Waals surface area contributed by atoms with Crippen molar-refractivity contribution >= 4 is 33.4 Å². The van der Waals surface area contributed by atoms with Crippen molar-refractivity contribution in [1.29, 1.82) is 0 Å². The van der Waals surface area contributed by atoms with E-state index in [1.807, 2.05) is 24.3 Å². The van der Waals surface area contributed by atoms with E-state index in [0.717, 1.165) is 35.8 Å². The Kier molecular flexibility index (Phi) is 6.43. The molecule has 0 spiro atoms. The summed E-state index contributed by atoms with van der Waals surface area (Å²) in [5.41, 5.74) is 0.733. The number of benzene rings is 1. The van der Waals surface area contributed by atoms with Crippen LogP contribution >= 0.6 is 15.9 Å². The summed E-state index contributed by atoms with van der Waals surface area (Å²) in [5, 5.41) is 2.87. The first-order chi connectivity index (χ1) is 10.6. The summed E-state index contributed by atoms with van der Waals surface area (Å²) < 4.78 is 0.840. The zero-order valence-electron chi connectivity index (χ0n) is 13.0. The molecule has 0 radical (unpaired) electrons. The zero-order chi connectivity index (χ0) is 15.9. The Morgan fingerprint density at radius 1 is 1.18 bits per heavy atom. The Balaban J connectivity index is 1.99. The van der Waals surface area contributed by atoms with Gasteiger partial charge in [0, 0.05) is 17.4 Å². The summed E-state index contributed by atoms with van der Waals surface area (Å²) >= 11 is 3.41. The molecule has 5 heteroatoms. The molecule has 1 aromatic carbocycles. The number of rotatable bonds is 4. The lowest BCUT2D eigenvalue weighted by molar-refractivity contribution is -0.135. The van der Waals surface area contributed by atoms with E-state index in [4.69, 9.17) is 0 Å². The predicted octanol–water partition coefficient (Wildman–Crippen LogP) is 3.96. The van der Waals surface area contributed by atoms with E-state index in [9.17, 15) is 9.59 Å². The third-order valence-electron chi connectivity index (χ3n) is 4.13. The van der Waals surface area contributed by atoms with Gasteiger partial charge in [0.2, 0.25) is 11.8 Å². The maximum atomic E-state index is 12.3. The van der Waals surface area contributed by atoms with Crippen molar-refractivity contribution < 1.29 is 9.59 Å². The van der Waals surface area contributed by atoms with Gasteiger partial charge in [-0.15, -0.1) is 0 Å². The predicted molar refractivity (Wildman–Crippen MR) is 91.6 cm³/mol. The molecular formula is C17H23BrN2O2. The lowest BCUT2D eigenvalue weighted by Gasteiger charge is -2.29. The highest BCUT2D eigenvalue weighted by Gasteiger charge is 2.24. The van der Waals surface area contributed by atoms with Gasteiger partial charge in [-0.25, -0.2) is 0 Å². The van der Waals surface area contributed by atoms with Crippen LogP contribution in [0.5, 0.6) is 0 Å². The smallest absolute Gasteiger partial charge is 0.244 e. The van der Waals surface area contributed by atoms with Gasteiger partial charge in [0.1, 0.15) is 6.54 Å². The van der Waals surface area contributed by atoms with Crippen molar-refractivity contribution in [2.75, 3.05) is 11.9 Å². The van der Waals surface area contributed by atoms with E-state index in [-0.39, 0.29) is 24.4 Å². The first-order valence-electron chi connectivity index (χ1n) is 7.89. The summed E-state index contributed by atoms with van der Waals surface area (Å²) in [6.45, 7) is 1.68. The second kappa shape index (κ2) is 8.32. The third kappa shape index (κ3) is 4.83. The molecule has 1 saturated carbocycles. The number of para-hydroxylation sites is 1. The number of halogens is 1. The van der Waals surface area contributed by atoms with Crippen molar-refractivity contribution in [3.8, 4) is 0 Å². The number of hydrogen-bond donors (Lipinski definition) is 1. The highest BCUT2D eigenvalue weighted by molar-refractivity contribution is 9.10. The van der Waals surface area contributed by atoms with Gasteiger partial charge in [-0.1, -0.05) is 37.8 Å². The fourth-order valence-electron chi connectivity index (χ4n) is 2.97. The molecule has 1 aromatic rings. The normalized spacial score (nSPS) is 15.9. The minimum Gasteiger partial charge on any atom is -0.331 e. The molecule has 0 unspecified atom stereocenters. The van der Waals surface area contributed by atoms with Crippen LogP contribution in [0.1, 0.15) is 45.4 Å². The quantitative estimate of drug-likeness (QED) is 0.819. The molecule has 0 aromatic heterocycles. The summed E-state index contributed by atoms with van der Waals surface area (Å²) in [6, 6.07) is 7.68. The van der Waals surface area contributed by atoms with E-state index in [0.29, 0.717) is 0 Å². The van der Waals surface area contributed by atoms with Gasteiger partial charge in [0.15, 0.2) is 0 Å². The van der Waals surface area contributed by atoms with Crippen molar-refractivity contribution in [1.82, 2.24) is 4.90 Å². The Morgan fingerprint density at radius 3 is 2.41 bits per heavy atom. The standard InChI is InChI=1S/C17H23BrN2O2/c1-13(21)20(14-8-4-2-3-5-9-14)12-17(22)19-16-11-7-6-10-15(16)18/h6-7,10-11,14H,2-5,8-9,12H2,1H3,(H,19,22). The number of hydrogen-bond acceptors (Lipinski definition) is 2. The van der Waals surface area contributed by atoms with Crippen molar-refractivity contribution in [2.45, 2.75) is 51.5 Å². The monoisotopic (exact) mass is 366 g/mol. The van der Waals surface area contributed by atoms with Crippen LogP contribution in [0.15, 0.2) is 28.7 Å². The first-order valence-corrected chi connectivity index (χ1v) is 8.69. The molecule has 1 N–H and O–H groups in total. The number of nitrogens with one attached hydrogen (secondary N) is 1. The van der Waals surface area contributed by atoms with Crippen molar-refractivity contribution in [2.24, 2.45) is 0 Å². The Bertz CT molecular complexity index is 525. The Morgan fingerprint density at radius 2 is 1.82 bits per heavy atom. The van der Waals surface area contributed by atoms with E-state index in [1.165, 1.54) is 12.8 Å². The number of carbonyl (C=O) groups is 2. The van der Waals surface area contributed by atoms with Crippen LogP contribution in [-0.2, 0) is 9.59 Å². The highest BCUT2D eigenvalue weighted by atomic mass is 79.9. The van der Waals surface area contributed by atoms with Gasteiger partial charge in [-0.05, 0) is 40.9 Å². The topological polar surface area (TPSA) is 49.4 Å². The summed E-state index contributed by atoms with van der Waals surface area (Å²) in [6.07, 6.45) is 6.74. The average molecular weight is 367 g/mol. The molecule has 0 saturated heterocycles. The van der Waals surface area contributed by atoms with Crippen LogP contribution < -0.4 is 5.32 Å². The van der Waals surface area contributed by atoms with Crippen molar-refractivity contribution in [3.05, 3.63) is 28.7 Å². The van der Waals surface area contributed by atoms with E-state index in [1.54, 1.807) is 11.8 Å². The maximum Gasteiger partial charge on any atom is 0.244 e. The van der Waals surface area contributed by atoms with Crippen molar-refractivity contribution in [3.63, 3.8) is 0 Å². The molecule has 1 aliphatic carbocycles. The second-order valence-electron chi connectivity index (χ2n) is 5.82. The van der Waals surface area contributed by atoms with Gasteiger partial charge in [0.25, 0.3) is 0 Å². The largest absolute Gasteiger partial charge is 0.331 e. The molecule has 22 heavy (non-hydrogen) atoms. The lowest BCUT2D eigenvalue weighted by Crippen LogP contribution is -2.43.